The molecule has 0 aliphatic rings. The molecule has 0 spiro atoms. The lowest BCUT2D eigenvalue weighted by molar-refractivity contribution is -0.137. The van der Waals surface area contributed by atoms with Crippen LogP contribution in [0, 0.1) is 0 Å². The third-order valence-electron chi connectivity index (χ3n) is 5.80. The van der Waals surface area contributed by atoms with Crippen molar-refractivity contribution in [2.75, 3.05) is 0 Å². The van der Waals surface area contributed by atoms with E-state index in [2.05, 4.69) is 10.3 Å². The van der Waals surface area contributed by atoms with Crippen molar-refractivity contribution in [2.24, 2.45) is 0 Å². The summed E-state index contributed by atoms with van der Waals surface area (Å²) in [6.07, 6.45) is -3.16. The summed E-state index contributed by atoms with van der Waals surface area (Å²) in [6.45, 7) is 2.55. The summed E-state index contributed by atoms with van der Waals surface area (Å²) >= 11 is 6.34. The number of rotatable bonds is 9. The van der Waals surface area contributed by atoms with Crippen LogP contribution in [0.5, 0.6) is 0 Å². The van der Waals surface area contributed by atoms with Crippen molar-refractivity contribution < 1.29 is 22.4 Å². The molecule has 0 saturated heterocycles. The molecule has 0 bridgehead atoms. The summed E-state index contributed by atoms with van der Waals surface area (Å²) in [5.74, 6) is -0.126. The minimum absolute atomic E-state index is 0.120. The van der Waals surface area contributed by atoms with Gasteiger partial charge in [0, 0.05) is 18.1 Å². The van der Waals surface area contributed by atoms with Gasteiger partial charge in [0.15, 0.2) is 5.69 Å². The van der Waals surface area contributed by atoms with Gasteiger partial charge in [0.2, 0.25) is 5.89 Å². The van der Waals surface area contributed by atoms with E-state index in [0.717, 1.165) is 23.3 Å². The fourth-order valence-electron chi connectivity index (χ4n) is 3.91. The topological polar surface area (TPSA) is 58.4 Å². The van der Waals surface area contributed by atoms with Crippen LogP contribution in [-0.2, 0) is 25.8 Å². The van der Waals surface area contributed by atoms with Crippen molar-refractivity contribution in [2.45, 2.75) is 38.8 Å². The van der Waals surface area contributed by atoms with E-state index in [0.29, 0.717) is 17.1 Å². The lowest BCUT2D eigenvalue weighted by Gasteiger charge is -2.22. The summed E-state index contributed by atoms with van der Waals surface area (Å²) in [5, 5.41) is 3.43. The number of alkyl halides is 3. The number of nitrogens with zero attached hydrogens (tertiary/aromatic N) is 2. The maximum atomic E-state index is 13.2. The van der Waals surface area contributed by atoms with Gasteiger partial charge < -0.3 is 9.73 Å². The molecule has 0 unspecified atom stereocenters. The zero-order valence-corrected chi connectivity index (χ0v) is 20.8. The van der Waals surface area contributed by atoms with E-state index in [1.165, 1.54) is 12.3 Å². The molecule has 1 amide bonds. The van der Waals surface area contributed by atoms with Gasteiger partial charge in [-0.2, -0.15) is 13.2 Å². The zero-order chi connectivity index (χ0) is 26.4. The van der Waals surface area contributed by atoms with E-state index in [1.807, 2.05) is 54.3 Å². The number of nitrogens with one attached hydrogen (secondary N) is 1. The van der Waals surface area contributed by atoms with Gasteiger partial charge in [-0.15, -0.1) is 0 Å². The first kappa shape index (κ1) is 26.4. The molecule has 192 valence electrons. The minimum Gasteiger partial charge on any atom is -0.447 e. The standard InChI is InChI=1S/C28H25ClF3N3O2/c1-19(21-9-3-2-4-10-21)33-27(36)25-18-37-26(34-25)17-35(16-22-11-5-6-13-24(22)29)15-20-8-7-12-23(14-20)28(30,31)32/h2-14,18-19H,15-17H2,1H3,(H,33,36)/t19-/m1/s1. The Balaban J connectivity index is 1.50. The molecule has 9 heteroatoms. The quantitative estimate of drug-likeness (QED) is 0.253. The molecule has 0 fully saturated rings. The molecular formula is C28H25ClF3N3O2. The summed E-state index contributed by atoms with van der Waals surface area (Å²) in [5.41, 5.74) is 1.63. The maximum Gasteiger partial charge on any atom is 0.416 e. The lowest BCUT2D eigenvalue weighted by Crippen LogP contribution is -2.27. The molecule has 0 saturated carbocycles. The third-order valence-corrected chi connectivity index (χ3v) is 6.17. The molecule has 0 radical (unpaired) electrons. The van der Waals surface area contributed by atoms with Gasteiger partial charge in [0.05, 0.1) is 18.2 Å². The molecule has 37 heavy (non-hydrogen) atoms. The van der Waals surface area contributed by atoms with Crippen LogP contribution in [0.25, 0.3) is 0 Å². The van der Waals surface area contributed by atoms with E-state index in [9.17, 15) is 18.0 Å². The van der Waals surface area contributed by atoms with Crippen molar-refractivity contribution in [3.05, 3.63) is 124 Å². The highest BCUT2D eigenvalue weighted by molar-refractivity contribution is 6.31. The van der Waals surface area contributed by atoms with Gasteiger partial charge >= 0.3 is 6.18 Å². The van der Waals surface area contributed by atoms with Gasteiger partial charge in [-0.25, -0.2) is 4.98 Å². The summed E-state index contributed by atoms with van der Waals surface area (Å²) < 4.78 is 45.3. The number of amides is 1. The fraction of sp³-hybridized carbons (Fsp3) is 0.214. The van der Waals surface area contributed by atoms with Gasteiger partial charge in [-0.3, -0.25) is 9.69 Å². The number of hydrogen-bond acceptors (Lipinski definition) is 4. The fourth-order valence-corrected chi connectivity index (χ4v) is 4.11. The van der Waals surface area contributed by atoms with Crippen LogP contribution in [0.15, 0.2) is 89.5 Å². The minimum atomic E-state index is -4.44. The highest BCUT2D eigenvalue weighted by Crippen LogP contribution is 2.30. The number of carbonyl (C=O) groups excluding carboxylic acids is 1. The lowest BCUT2D eigenvalue weighted by atomic mass is 10.1. The highest BCUT2D eigenvalue weighted by atomic mass is 35.5. The van der Waals surface area contributed by atoms with Crippen LogP contribution in [0.4, 0.5) is 13.2 Å². The van der Waals surface area contributed by atoms with Crippen LogP contribution < -0.4 is 5.32 Å². The second-order valence-electron chi connectivity index (χ2n) is 8.67. The molecule has 1 atom stereocenters. The van der Waals surface area contributed by atoms with Gasteiger partial charge in [-0.1, -0.05) is 78.3 Å². The Bertz CT molecular complexity index is 1340. The van der Waals surface area contributed by atoms with E-state index >= 15 is 0 Å². The van der Waals surface area contributed by atoms with Crippen molar-refractivity contribution in [1.82, 2.24) is 15.2 Å². The summed E-state index contributed by atoms with van der Waals surface area (Å²) in [7, 11) is 0. The number of aromatic nitrogens is 1. The van der Waals surface area contributed by atoms with Crippen LogP contribution in [-0.4, -0.2) is 15.8 Å². The summed E-state index contributed by atoms with van der Waals surface area (Å²) in [6, 6.07) is 21.7. The van der Waals surface area contributed by atoms with Crippen LogP contribution in [0.1, 0.15) is 51.6 Å². The van der Waals surface area contributed by atoms with Crippen LogP contribution in [0.2, 0.25) is 5.02 Å². The molecule has 0 aliphatic carbocycles. The normalized spacial score (nSPS) is 12.5. The summed E-state index contributed by atoms with van der Waals surface area (Å²) in [4.78, 5) is 18.9. The van der Waals surface area contributed by atoms with E-state index < -0.39 is 11.7 Å². The molecule has 1 N–H and O–H groups in total. The first-order valence-corrected chi connectivity index (χ1v) is 12.0. The van der Waals surface area contributed by atoms with E-state index in [4.69, 9.17) is 16.0 Å². The highest BCUT2D eigenvalue weighted by Gasteiger charge is 2.30. The molecule has 4 rings (SSSR count). The third kappa shape index (κ3) is 7.21. The first-order valence-electron chi connectivity index (χ1n) is 11.6. The average Bonchev–Trinajstić information content (AvgIpc) is 3.34. The Morgan fingerprint density at radius 3 is 2.46 bits per heavy atom. The molecule has 3 aromatic carbocycles. The smallest absolute Gasteiger partial charge is 0.416 e. The SMILES string of the molecule is C[C@@H](NC(=O)c1coc(CN(Cc2cccc(C(F)(F)F)c2)Cc2ccccc2Cl)n1)c1ccccc1. The predicted molar refractivity (Wildman–Crippen MR) is 135 cm³/mol. The number of oxazole rings is 1. The van der Waals surface area contributed by atoms with Crippen molar-refractivity contribution in [1.29, 1.82) is 0 Å². The Labute approximate surface area is 217 Å². The van der Waals surface area contributed by atoms with E-state index in [-0.39, 0.29) is 36.6 Å². The molecular weight excluding hydrogens is 503 g/mol. The van der Waals surface area contributed by atoms with Crippen LogP contribution in [0.3, 0.4) is 0 Å². The predicted octanol–water partition coefficient (Wildman–Crippen LogP) is 7.04. The molecule has 5 nitrogen and oxygen atoms in total. The first-order chi connectivity index (χ1) is 17.7. The number of benzene rings is 3. The second-order valence-corrected chi connectivity index (χ2v) is 9.07. The van der Waals surface area contributed by atoms with E-state index in [1.54, 1.807) is 18.2 Å². The van der Waals surface area contributed by atoms with Crippen LogP contribution >= 0.6 is 11.6 Å². The maximum absolute atomic E-state index is 13.2. The molecule has 4 aromatic rings. The second kappa shape index (κ2) is 11.6. The molecule has 1 aromatic heterocycles. The van der Waals surface area contributed by atoms with Gasteiger partial charge in [0.25, 0.3) is 5.91 Å². The Kier molecular flexibility index (Phi) is 8.31. The van der Waals surface area contributed by atoms with Crippen molar-refractivity contribution in [3.63, 3.8) is 0 Å². The number of hydrogen-bond donors (Lipinski definition) is 1. The van der Waals surface area contributed by atoms with Crippen molar-refractivity contribution in [3.8, 4) is 0 Å². The Morgan fingerprint density at radius 1 is 1.00 bits per heavy atom. The Hall–Kier alpha value is -3.62. The molecule has 0 aliphatic heterocycles. The van der Waals surface area contributed by atoms with Gasteiger partial charge in [-0.05, 0) is 35.7 Å². The number of carbonyl (C=O) groups is 1. The largest absolute Gasteiger partial charge is 0.447 e. The van der Waals surface area contributed by atoms with Gasteiger partial charge in [0.1, 0.15) is 6.26 Å². The van der Waals surface area contributed by atoms with Crippen molar-refractivity contribution >= 4 is 17.5 Å². The molecule has 1 heterocycles. The zero-order valence-electron chi connectivity index (χ0n) is 20.0. The number of halogens is 4. The Morgan fingerprint density at radius 2 is 1.73 bits per heavy atom. The monoisotopic (exact) mass is 527 g/mol. The average molecular weight is 528 g/mol.